The zero-order valence-electron chi connectivity index (χ0n) is 13.2. The molecule has 1 heterocycles. The number of amides is 2. The summed E-state index contributed by atoms with van der Waals surface area (Å²) >= 11 is 1.63. The zero-order valence-corrected chi connectivity index (χ0v) is 14.0. The van der Waals surface area contributed by atoms with Gasteiger partial charge in [-0.2, -0.15) is 0 Å². The van der Waals surface area contributed by atoms with Gasteiger partial charge >= 0.3 is 12.0 Å². The Hall–Kier alpha value is -2.34. The van der Waals surface area contributed by atoms with Crippen molar-refractivity contribution in [2.75, 3.05) is 5.32 Å². The van der Waals surface area contributed by atoms with E-state index in [-0.39, 0.29) is 18.0 Å². The van der Waals surface area contributed by atoms with Gasteiger partial charge in [-0.05, 0) is 43.2 Å². The molecule has 0 saturated heterocycles. The number of carbonyl (C=O) groups excluding carboxylic acids is 1. The van der Waals surface area contributed by atoms with Crippen LogP contribution in [0.4, 0.5) is 10.5 Å². The molecule has 1 aromatic carbocycles. The van der Waals surface area contributed by atoms with E-state index < -0.39 is 5.97 Å². The molecule has 1 aliphatic carbocycles. The summed E-state index contributed by atoms with van der Waals surface area (Å²) in [5.41, 5.74) is 1.77. The van der Waals surface area contributed by atoms with Gasteiger partial charge in [0.15, 0.2) is 0 Å². The average molecular weight is 344 g/mol. The molecule has 126 valence electrons. The Morgan fingerprint density at radius 1 is 1.04 bits per heavy atom. The van der Waals surface area contributed by atoms with Crippen LogP contribution in [-0.2, 0) is 4.79 Å². The SMILES string of the molecule is O=C(Nc1ccccc1-c1cccs1)NC1CCC(C(=O)O)CC1. The normalized spacial score (nSPS) is 20.3. The third-order valence-corrected chi connectivity index (χ3v) is 5.28. The number of hydrogen-bond donors (Lipinski definition) is 3. The minimum Gasteiger partial charge on any atom is -0.481 e. The molecule has 0 atom stereocenters. The first kappa shape index (κ1) is 16.5. The molecule has 3 N–H and O–H groups in total. The number of carbonyl (C=O) groups is 2. The number of hydrogen-bond acceptors (Lipinski definition) is 3. The highest BCUT2D eigenvalue weighted by molar-refractivity contribution is 7.13. The quantitative estimate of drug-likeness (QED) is 0.778. The van der Waals surface area contributed by atoms with Crippen LogP contribution in [0.2, 0.25) is 0 Å². The Morgan fingerprint density at radius 2 is 1.79 bits per heavy atom. The molecule has 1 saturated carbocycles. The number of para-hydroxylation sites is 1. The van der Waals surface area contributed by atoms with Gasteiger partial charge in [-0.25, -0.2) is 4.79 Å². The van der Waals surface area contributed by atoms with E-state index in [9.17, 15) is 9.59 Å². The Labute approximate surface area is 144 Å². The second-order valence-corrected chi connectivity index (χ2v) is 6.96. The summed E-state index contributed by atoms with van der Waals surface area (Å²) < 4.78 is 0. The van der Waals surface area contributed by atoms with E-state index in [1.807, 2.05) is 41.8 Å². The molecule has 1 aromatic heterocycles. The van der Waals surface area contributed by atoms with Crippen molar-refractivity contribution in [3.8, 4) is 10.4 Å². The third-order valence-electron chi connectivity index (χ3n) is 4.37. The number of carboxylic acid groups (broad SMARTS) is 1. The number of benzene rings is 1. The van der Waals surface area contributed by atoms with Gasteiger partial charge in [-0.1, -0.05) is 24.3 Å². The molecule has 5 nitrogen and oxygen atoms in total. The summed E-state index contributed by atoms with van der Waals surface area (Å²) in [5, 5.41) is 16.9. The number of urea groups is 1. The molecular formula is C18H20N2O3S. The van der Waals surface area contributed by atoms with Crippen LogP contribution in [0.3, 0.4) is 0 Å². The van der Waals surface area contributed by atoms with Gasteiger partial charge in [0.05, 0.1) is 11.6 Å². The molecule has 0 aliphatic heterocycles. The van der Waals surface area contributed by atoms with Crippen LogP contribution in [0.25, 0.3) is 10.4 Å². The number of nitrogens with one attached hydrogen (secondary N) is 2. The van der Waals surface area contributed by atoms with Crippen LogP contribution in [0, 0.1) is 5.92 Å². The first-order valence-electron chi connectivity index (χ1n) is 8.06. The number of aliphatic carboxylic acids is 1. The maximum atomic E-state index is 12.3. The molecule has 2 aromatic rings. The molecule has 0 spiro atoms. The minimum absolute atomic E-state index is 0.0366. The Kier molecular flexibility index (Phi) is 5.15. The summed E-state index contributed by atoms with van der Waals surface area (Å²) in [6.07, 6.45) is 2.64. The van der Waals surface area contributed by atoms with E-state index in [1.165, 1.54) is 0 Å². The summed E-state index contributed by atoms with van der Waals surface area (Å²) in [6.45, 7) is 0. The lowest BCUT2D eigenvalue weighted by Crippen LogP contribution is -2.41. The molecule has 2 amide bonds. The lowest BCUT2D eigenvalue weighted by Gasteiger charge is -2.27. The van der Waals surface area contributed by atoms with E-state index in [2.05, 4.69) is 10.6 Å². The van der Waals surface area contributed by atoms with Crippen molar-refractivity contribution in [3.05, 3.63) is 41.8 Å². The van der Waals surface area contributed by atoms with Crippen molar-refractivity contribution < 1.29 is 14.7 Å². The Morgan fingerprint density at radius 3 is 2.46 bits per heavy atom. The van der Waals surface area contributed by atoms with E-state index in [4.69, 9.17) is 5.11 Å². The molecule has 0 unspecified atom stereocenters. The van der Waals surface area contributed by atoms with E-state index >= 15 is 0 Å². The van der Waals surface area contributed by atoms with Gasteiger partial charge < -0.3 is 15.7 Å². The fraction of sp³-hybridized carbons (Fsp3) is 0.333. The fourth-order valence-corrected chi connectivity index (χ4v) is 3.83. The summed E-state index contributed by atoms with van der Waals surface area (Å²) in [6, 6.07) is 11.5. The number of carboxylic acids is 1. The van der Waals surface area contributed by atoms with Crippen LogP contribution >= 0.6 is 11.3 Å². The predicted molar refractivity (Wildman–Crippen MR) is 95.3 cm³/mol. The maximum Gasteiger partial charge on any atom is 0.319 e. The first-order chi connectivity index (χ1) is 11.6. The Balaban J connectivity index is 1.59. The van der Waals surface area contributed by atoms with Crippen LogP contribution in [0.5, 0.6) is 0 Å². The van der Waals surface area contributed by atoms with Gasteiger partial charge in [-0.15, -0.1) is 11.3 Å². The molecular weight excluding hydrogens is 324 g/mol. The second-order valence-electron chi connectivity index (χ2n) is 6.01. The van der Waals surface area contributed by atoms with Crippen LogP contribution in [-0.4, -0.2) is 23.1 Å². The van der Waals surface area contributed by atoms with Gasteiger partial charge in [0, 0.05) is 16.5 Å². The predicted octanol–water partition coefficient (Wildman–Crippen LogP) is 4.18. The molecule has 1 fully saturated rings. The first-order valence-corrected chi connectivity index (χ1v) is 8.94. The maximum absolute atomic E-state index is 12.3. The molecule has 3 rings (SSSR count). The molecule has 24 heavy (non-hydrogen) atoms. The molecule has 0 bridgehead atoms. The van der Waals surface area contributed by atoms with Gasteiger partial charge in [-0.3, -0.25) is 4.79 Å². The smallest absolute Gasteiger partial charge is 0.319 e. The van der Waals surface area contributed by atoms with Crippen molar-refractivity contribution in [3.63, 3.8) is 0 Å². The summed E-state index contributed by atoms with van der Waals surface area (Å²) in [5.74, 6) is -1.01. The fourth-order valence-electron chi connectivity index (χ4n) is 3.07. The van der Waals surface area contributed by atoms with E-state index in [0.29, 0.717) is 25.7 Å². The number of anilines is 1. The monoisotopic (exact) mass is 344 g/mol. The highest BCUT2D eigenvalue weighted by Crippen LogP contribution is 2.31. The summed E-state index contributed by atoms with van der Waals surface area (Å²) in [7, 11) is 0. The number of thiophene rings is 1. The third kappa shape index (κ3) is 3.94. The Bertz CT molecular complexity index is 707. The van der Waals surface area contributed by atoms with Gasteiger partial charge in [0.2, 0.25) is 0 Å². The highest BCUT2D eigenvalue weighted by atomic mass is 32.1. The number of rotatable bonds is 4. The van der Waals surface area contributed by atoms with Crippen molar-refractivity contribution in [1.82, 2.24) is 5.32 Å². The average Bonchev–Trinajstić information content (AvgIpc) is 3.10. The van der Waals surface area contributed by atoms with Crippen molar-refractivity contribution >= 4 is 29.0 Å². The lowest BCUT2D eigenvalue weighted by atomic mass is 9.86. The minimum atomic E-state index is -0.734. The van der Waals surface area contributed by atoms with Crippen LogP contribution in [0.15, 0.2) is 41.8 Å². The molecule has 0 radical (unpaired) electrons. The van der Waals surface area contributed by atoms with Gasteiger partial charge in [0.1, 0.15) is 0 Å². The van der Waals surface area contributed by atoms with Crippen molar-refractivity contribution in [1.29, 1.82) is 0 Å². The van der Waals surface area contributed by atoms with Crippen LogP contribution < -0.4 is 10.6 Å². The summed E-state index contributed by atoms with van der Waals surface area (Å²) in [4.78, 5) is 24.4. The van der Waals surface area contributed by atoms with Crippen molar-refractivity contribution in [2.45, 2.75) is 31.7 Å². The van der Waals surface area contributed by atoms with Crippen molar-refractivity contribution in [2.24, 2.45) is 5.92 Å². The van der Waals surface area contributed by atoms with E-state index in [0.717, 1.165) is 16.1 Å². The topological polar surface area (TPSA) is 78.4 Å². The van der Waals surface area contributed by atoms with Crippen LogP contribution in [0.1, 0.15) is 25.7 Å². The molecule has 1 aliphatic rings. The van der Waals surface area contributed by atoms with Gasteiger partial charge in [0.25, 0.3) is 0 Å². The highest BCUT2D eigenvalue weighted by Gasteiger charge is 2.26. The van der Waals surface area contributed by atoms with E-state index in [1.54, 1.807) is 11.3 Å². The zero-order chi connectivity index (χ0) is 16.9. The lowest BCUT2D eigenvalue weighted by molar-refractivity contribution is -0.142. The molecule has 6 heteroatoms. The second kappa shape index (κ2) is 7.49. The standard InChI is InChI=1S/C18H20N2O3S/c21-17(22)12-7-9-13(10-8-12)19-18(23)20-15-5-2-1-4-14(15)16-6-3-11-24-16/h1-6,11-13H,7-10H2,(H,21,22)(H2,19,20,23). The largest absolute Gasteiger partial charge is 0.481 e.